The molecular weight excluding hydrogens is 376 g/mol. The number of rotatable bonds is 5. The van der Waals surface area contributed by atoms with Crippen LogP contribution in [0.15, 0.2) is 59.8 Å². The summed E-state index contributed by atoms with van der Waals surface area (Å²) in [7, 11) is 0. The Morgan fingerprint density at radius 2 is 1.79 bits per heavy atom. The van der Waals surface area contributed by atoms with Crippen molar-refractivity contribution in [3.8, 4) is 0 Å². The molecule has 2 aromatic carbocycles. The third-order valence-electron chi connectivity index (χ3n) is 4.87. The average Bonchev–Trinajstić information content (AvgIpc) is 2.64. The van der Waals surface area contributed by atoms with Gasteiger partial charge in [-0.3, -0.25) is 4.79 Å². The summed E-state index contributed by atoms with van der Waals surface area (Å²) in [6.45, 7) is 5.28. The number of hydrogen-bond acceptors (Lipinski definition) is 3. The van der Waals surface area contributed by atoms with Gasteiger partial charge in [0, 0.05) is 18.0 Å². The minimum Gasteiger partial charge on any atom is -0.460 e. The molecule has 0 aromatic heterocycles. The number of allylic oxidation sites excluding steroid dienone is 1. The molecule has 0 saturated carbocycles. The van der Waals surface area contributed by atoms with Gasteiger partial charge in [0.25, 0.3) is 0 Å². The number of halogens is 2. The molecule has 0 unspecified atom stereocenters. The molecule has 0 radical (unpaired) electrons. The topological polar surface area (TPSA) is 46.6 Å². The summed E-state index contributed by atoms with van der Waals surface area (Å²) in [5.41, 5.74) is 1.91. The van der Waals surface area contributed by atoms with Gasteiger partial charge in [0.2, 0.25) is 5.91 Å². The SMILES string of the molecule is CC1=C(C(=O)OC(C)C)[C@@H](c2cccc(F)c2)CC(=O)N1Cc1cccc(F)c1. The van der Waals surface area contributed by atoms with E-state index < -0.39 is 23.5 Å². The van der Waals surface area contributed by atoms with E-state index in [0.29, 0.717) is 22.4 Å². The second kappa shape index (κ2) is 8.55. The number of esters is 1. The van der Waals surface area contributed by atoms with Crippen LogP contribution in [-0.2, 0) is 20.9 Å². The fourth-order valence-electron chi connectivity index (χ4n) is 3.57. The van der Waals surface area contributed by atoms with Gasteiger partial charge in [0.05, 0.1) is 18.2 Å². The monoisotopic (exact) mass is 399 g/mol. The maximum absolute atomic E-state index is 13.8. The summed E-state index contributed by atoms with van der Waals surface area (Å²) in [6, 6.07) is 11.9. The van der Waals surface area contributed by atoms with E-state index in [0.717, 1.165) is 0 Å². The van der Waals surface area contributed by atoms with Crippen molar-refractivity contribution in [1.29, 1.82) is 0 Å². The predicted molar refractivity (Wildman–Crippen MR) is 105 cm³/mol. The largest absolute Gasteiger partial charge is 0.460 e. The Morgan fingerprint density at radius 3 is 2.41 bits per heavy atom. The lowest BCUT2D eigenvalue weighted by Gasteiger charge is -2.34. The van der Waals surface area contributed by atoms with E-state index in [-0.39, 0.29) is 25.0 Å². The van der Waals surface area contributed by atoms with Gasteiger partial charge in [-0.1, -0.05) is 24.3 Å². The molecule has 0 aliphatic carbocycles. The van der Waals surface area contributed by atoms with Crippen molar-refractivity contribution >= 4 is 11.9 Å². The van der Waals surface area contributed by atoms with Crippen LogP contribution in [0.5, 0.6) is 0 Å². The van der Waals surface area contributed by atoms with Gasteiger partial charge in [-0.25, -0.2) is 13.6 Å². The molecule has 0 spiro atoms. The normalized spacial score (nSPS) is 17.1. The fourth-order valence-corrected chi connectivity index (χ4v) is 3.57. The van der Waals surface area contributed by atoms with Gasteiger partial charge in [0.15, 0.2) is 0 Å². The van der Waals surface area contributed by atoms with Crippen LogP contribution >= 0.6 is 0 Å². The zero-order chi connectivity index (χ0) is 21.1. The molecule has 152 valence electrons. The van der Waals surface area contributed by atoms with Gasteiger partial charge in [-0.15, -0.1) is 0 Å². The second-order valence-corrected chi connectivity index (χ2v) is 7.37. The third kappa shape index (κ3) is 4.70. The molecule has 1 amide bonds. The predicted octanol–water partition coefficient (Wildman–Crippen LogP) is 4.71. The molecule has 0 saturated heterocycles. The molecular formula is C23H23F2NO3. The molecule has 2 aromatic rings. The van der Waals surface area contributed by atoms with Crippen molar-refractivity contribution in [1.82, 2.24) is 4.90 Å². The molecule has 1 aliphatic heterocycles. The minimum absolute atomic E-state index is 0.00135. The van der Waals surface area contributed by atoms with Gasteiger partial charge in [-0.2, -0.15) is 0 Å². The standard InChI is InChI=1S/C23H23F2NO3/c1-14(2)29-23(28)22-15(3)26(13-16-6-4-8-18(24)10-16)21(27)12-20(22)17-7-5-9-19(25)11-17/h4-11,14,20H,12-13H2,1-3H3/t20-/m1/s1. The van der Waals surface area contributed by atoms with E-state index >= 15 is 0 Å². The Labute approximate surface area is 168 Å². The molecule has 1 atom stereocenters. The van der Waals surface area contributed by atoms with E-state index in [1.165, 1.54) is 29.2 Å². The average molecular weight is 399 g/mol. The molecule has 1 heterocycles. The van der Waals surface area contributed by atoms with Crippen LogP contribution in [0.25, 0.3) is 0 Å². The summed E-state index contributed by atoms with van der Waals surface area (Å²) in [6.07, 6.45) is -0.344. The van der Waals surface area contributed by atoms with Crippen LogP contribution < -0.4 is 0 Å². The summed E-state index contributed by atoms with van der Waals surface area (Å²) in [5.74, 6) is -2.20. The Bertz CT molecular complexity index is 968. The highest BCUT2D eigenvalue weighted by atomic mass is 19.1. The minimum atomic E-state index is -0.604. The maximum atomic E-state index is 13.8. The zero-order valence-corrected chi connectivity index (χ0v) is 16.6. The quantitative estimate of drug-likeness (QED) is 0.685. The van der Waals surface area contributed by atoms with Gasteiger partial charge in [0.1, 0.15) is 11.6 Å². The van der Waals surface area contributed by atoms with Gasteiger partial charge in [-0.05, 0) is 56.2 Å². The third-order valence-corrected chi connectivity index (χ3v) is 4.87. The first-order valence-electron chi connectivity index (χ1n) is 9.48. The molecule has 0 N–H and O–H groups in total. The maximum Gasteiger partial charge on any atom is 0.336 e. The smallest absolute Gasteiger partial charge is 0.336 e. The van der Waals surface area contributed by atoms with Crippen molar-refractivity contribution in [3.63, 3.8) is 0 Å². The van der Waals surface area contributed by atoms with Crippen LogP contribution in [-0.4, -0.2) is 22.9 Å². The Morgan fingerprint density at radius 1 is 1.14 bits per heavy atom. The van der Waals surface area contributed by atoms with Crippen LogP contribution in [0.4, 0.5) is 8.78 Å². The Balaban J connectivity index is 2.04. The van der Waals surface area contributed by atoms with Crippen molar-refractivity contribution in [3.05, 3.63) is 82.6 Å². The van der Waals surface area contributed by atoms with Crippen LogP contribution in [0.1, 0.15) is 44.2 Å². The number of benzene rings is 2. The number of amides is 1. The number of hydrogen-bond donors (Lipinski definition) is 0. The zero-order valence-electron chi connectivity index (χ0n) is 16.6. The lowest BCUT2D eigenvalue weighted by molar-refractivity contribution is -0.143. The highest BCUT2D eigenvalue weighted by molar-refractivity contribution is 5.96. The number of ether oxygens (including phenoxy) is 1. The van der Waals surface area contributed by atoms with Crippen molar-refractivity contribution in [2.24, 2.45) is 0 Å². The lowest BCUT2D eigenvalue weighted by Crippen LogP contribution is -2.38. The first kappa shape index (κ1) is 20.7. The first-order chi connectivity index (χ1) is 13.8. The second-order valence-electron chi connectivity index (χ2n) is 7.37. The molecule has 29 heavy (non-hydrogen) atoms. The van der Waals surface area contributed by atoms with Crippen molar-refractivity contribution in [2.75, 3.05) is 0 Å². The van der Waals surface area contributed by atoms with Crippen LogP contribution in [0, 0.1) is 11.6 Å². The first-order valence-corrected chi connectivity index (χ1v) is 9.48. The molecule has 0 bridgehead atoms. The highest BCUT2D eigenvalue weighted by Crippen LogP contribution is 2.38. The van der Waals surface area contributed by atoms with E-state index in [9.17, 15) is 18.4 Å². The fraction of sp³-hybridized carbons (Fsp3) is 0.304. The lowest BCUT2D eigenvalue weighted by atomic mass is 9.83. The number of carbonyl (C=O) groups excluding carboxylic acids is 2. The number of nitrogens with zero attached hydrogens (tertiary/aromatic N) is 1. The van der Waals surface area contributed by atoms with Gasteiger partial charge < -0.3 is 9.64 Å². The van der Waals surface area contributed by atoms with E-state index in [4.69, 9.17) is 4.74 Å². The van der Waals surface area contributed by atoms with Crippen LogP contribution in [0.3, 0.4) is 0 Å². The summed E-state index contributed by atoms with van der Waals surface area (Å²) >= 11 is 0. The summed E-state index contributed by atoms with van der Waals surface area (Å²) < 4.78 is 32.8. The molecule has 6 heteroatoms. The molecule has 3 rings (SSSR count). The number of carbonyl (C=O) groups is 2. The highest BCUT2D eigenvalue weighted by Gasteiger charge is 2.37. The molecule has 0 fully saturated rings. The summed E-state index contributed by atoms with van der Waals surface area (Å²) in [4.78, 5) is 27.2. The van der Waals surface area contributed by atoms with Crippen molar-refractivity contribution in [2.45, 2.75) is 45.8 Å². The Hall–Kier alpha value is -3.02. The van der Waals surface area contributed by atoms with E-state index in [1.807, 2.05) is 0 Å². The van der Waals surface area contributed by atoms with Gasteiger partial charge >= 0.3 is 5.97 Å². The van der Waals surface area contributed by atoms with E-state index in [1.54, 1.807) is 45.0 Å². The van der Waals surface area contributed by atoms with E-state index in [2.05, 4.69) is 0 Å². The Kier molecular flexibility index (Phi) is 6.11. The van der Waals surface area contributed by atoms with Crippen molar-refractivity contribution < 1.29 is 23.1 Å². The molecule has 1 aliphatic rings. The summed E-state index contributed by atoms with van der Waals surface area (Å²) in [5, 5.41) is 0. The van der Waals surface area contributed by atoms with Crippen LogP contribution in [0.2, 0.25) is 0 Å². The molecule has 4 nitrogen and oxygen atoms in total.